The smallest absolute Gasteiger partial charge is 0.263 e. The average Bonchev–Trinajstić information content (AvgIpc) is 3.06. The number of rotatable bonds is 9. The maximum Gasteiger partial charge on any atom is 0.263 e. The molecule has 1 atom stereocenters. The number of thiophene rings is 1. The highest BCUT2D eigenvalue weighted by atomic mass is 32.2. The molecule has 0 aliphatic heterocycles. The summed E-state index contributed by atoms with van der Waals surface area (Å²) in [5.74, 6) is -0.0650. The van der Waals surface area contributed by atoms with Gasteiger partial charge in [-0.1, -0.05) is 37.6 Å². The second-order valence-corrected chi connectivity index (χ2v) is 9.63. The van der Waals surface area contributed by atoms with Gasteiger partial charge in [-0.3, -0.25) is 14.2 Å². The zero-order valence-corrected chi connectivity index (χ0v) is 18.4. The van der Waals surface area contributed by atoms with Gasteiger partial charge in [-0.15, -0.1) is 17.9 Å². The number of hydrogen-bond acceptors (Lipinski definition) is 5. The molecular weight excluding hydrogens is 390 g/mol. The van der Waals surface area contributed by atoms with Gasteiger partial charge in [0.1, 0.15) is 4.83 Å². The van der Waals surface area contributed by atoms with Gasteiger partial charge in [0.05, 0.1) is 10.6 Å². The molecule has 0 fully saturated rings. The van der Waals surface area contributed by atoms with Crippen molar-refractivity contribution in [2.75, 3.05) is 6.54 Å². The number of nitrogens with one attached hydrogen (secondary N) is 1. The van der Waals surface area contributed by atoms with Crippen LogP contribution in [0.4, 0.5) is 0 Å². The minimum atomic E-state index is -0.323. The van der Waals surface area contributed by atoms with Gasteiger partial charge in [0.15, 0.2) is 5.16 Å². The lowest BCUT2D eigenvalue weighted by atomic mass is 9.97. The van der Waals surface area contributed by atoms with Crippen LogP contribution in [0.15, 0.2) is 22.6 Å². The maximum absolute atomic E-state index is 13.4. The molecule has 0 saturated heterocycles. The van der Waals surface area contributed by atoms with Crippen LogP contribution >= 0.6 is 23.1 Å². The third-order valence-corrected chi connectivity index (χ3v) is 7.37. The molecule has 152 valence electrons. The fourth-order valence-corrected chi connectivity index (χ4v) is 5.82. The molecule has 2 heterocycles. The largest absolute Gasteiger partial charge is 0.352 e. The molecule has 0 bridgehead atoms. The lowest BCUT2D eigenvalue weighted by Crippen LogP contribution is -2.32. The molecule has 1 N–H and O–H groups in total. The van der Waals surface area contributed by atoms with Crippen molar-refractivity contribution in [3.05, 3.63) is 33.4 Å². The van der Waals surface area contributed by atoms with Gasteiger partial charge in [0.2, 0.25) is 5.91 Å². The summed E-state index contributed by atoms with van der Waals surface area (Å²) in [6.45, 7) is 8.74. The third kappa shape index (κ3) is 4.51. The van der Waals surface area contributed by atoms with E-state index >= 15 is 0 Å². The molecular formula is C21H29N3O2S2. The van der Waals surface area contributed by atoms with Gasteiger partial charge >= 0.3 is 0 Å². The number of nitrogens with zero attached hydrogens (tertiary/aromatic N) is 2. The number of thioether (sulfide) groups is 1. The van der Waals surface area contributed by atoms with Crippen LogP contribution in [0.2, 0.25) is 0 Å². The Labute approximate surface area is 174 Å². The molecule has 7 heteroatoms. The molecule has 1 amide bonds. The summed E-state index contributed by atoms with van der Waals surface area (Å²) in [5, 5.41) is 3.99. The van der Waals surface area contributed by atoms with Crippen LogP contribution in [0.25, 0.3) is 10.2 Å². The zero-order valence-electron chi connectivity index (χ0n) is 16.8. The summed E-state index contributed by atoms with van der Waals surface area (Å²) >= 11 is 3.04. The molecule has 2 aromatic rings. The van der Waals surface area contributed by atoms with Crippen molar-refractivity contribution in [3.8, 4) is 0 Å². The Morgan fingerprint density at radius 2 is 2.18 bits per heavy atom. The minimum absolute atomic E-state index is 0.0650. The molecule has 28 heavy (non-hydrogen) atoms. The minimum Gasteiger partial charge on any atom is -0.352 e. The van der Waals surface area contributed by atoms with Gasteiger partial charge in [-0.05, 0) is 44.6 Å². The fourth-order valence-electron chi connectivity index (χ4n) is 3.56. The highest BCUT2D eigenvalue weighted by Crippen LogP contribution is 2.35. The van der Waals surface area contributed by atoms with Gasteiger partial charge < -0.3 is 5.32 Å². The Balaban J connectivity index is 1.99. The Kier molecular flexibility index (Phi) is 7.35. The summed E-state index contributed by atoms with van der Waals surface area (Å²) in [4.78, 5) is 32.7. The van der Waals surface area contributed by atoms with Gasteiger partial charge in [-0.2, -0.15) is 0 Å². The molecule has 2 aromatic heterocycles. The predicted octanol–water partition coefficient (Wildman–Crippen LogP) is 4.31. The maximum atomic E-state index is 13.4. The molecule has 0 saturated carbocycles. The van der Waals surface area contributed by atoms with Crippen LogP contribution in [0, 0.1) is 0 Å². The van der Waals surface area contributed by atoms with Crippen LogP contribution < -0.4 is 10.9 Å². The molecule has 1 aliphatic rings. The number of unbranched alkanes of at least 4 members (excludes halogenated alkanes) is 2. The van der Waals surface area contributed by atoms with E-state index in [1.807, 2.05) is 11.5 Å². The zero-order chi connectivity index (χ0) is 20.1. The van der Waals surface area contributed by atoms with Crippen molar-refractivity contribution in [1.29, 1.82) is 0 Å². The van der Waals surface area contributed by atoms with Crippen molar-refractivity contribution in [2.24, 2.45) is 0 Å². The molecule has 0 spiro atoms. The number of aryl methyl sites for hydroxylation is 2. The van der Waals surface area contributed by atoms with Crippen LogP contribution in [-0.4, -0.2) is 27.3 Å². The van der Waals surface area contributed by atoms with E-state index in [0.717, 1.165) is 48.7 Å². The van der Waals surface area contributed by atoms with Crippen molar-refractivity contribution in [1.82, 2.24) is 14.9 Å². The second kappa shape index (κ2) is 9.74. The Hall–Kier alpha value is -1.60. The van der Waals surface area contributed by atoms with Crippen LogP contribution in [0.1, 0.15) is 56.4 Å². The number of fused-ring (bicyclic) bond motifs is 3. The van der Waals surface area contributed by atoms with Crippen LogP contribution in [-0.2, 0) is 24.2 Å². The number of carbonyl (C=O) groups excluding carboxylic acids is 1. The Bertz CT molecular complexity index is 916. The number of hydrogen-bond donors (Lipinski definition) is 1. The van der Waals surface area contributed by atoms with E-state index in [-0.39, 0.29) is 16.7 Å². The van der Waals surface area contributed by atoms with E-state index in [2.05, 4.69) is 18.8 Å². The summed E-state index contributed by atoms with van der Waals surface area (Å²) in [5.41, 5.74) is 1.29. The Morgan fingerprint density at radius 1 is 1.39 bits per heavy atom. The monoisotopic (exact) mass is 419 g/mol. The second-order valence-electron chi connectivity index (χ2n) is 7.24. The van der Waals surface area contributed by atoms with E-state index in [9.17, 15) is 9.59 Å². The first-order valence-corrected chi connectivity index (χ1v) is 11.9. The van der Waals surface area contributed by atoms with Gasteiger partial charge in [-0.25, -0.2) is 4.98 Å². The van der Waals surface area contributed by atoms with E-state index < -0.39 is 0 Å². The first-order valence-electron chi connectivity index (χ1n) is 10.2. The molecule has 5 nitrogen and oxygen atoms in total. The van der Waals surface area contributed by atoms with Crippen molar-refractivity contribution in [2.45, 2.75) is 75.7 Å². The van der Waals surface area contributed by atoms with E-state index in [0.29, 0.717) is 18.2 Å². The fraction of sp³-hybridized carbons (Fsp3) is 0.571. The van der Waals surface area contributed by atoms with E-state index in [4.69, 9.17) is 4.98 Å². The lowest BCUT2D eigenvalue weighted by molar-refractivity contribution is -0.120. The third-order valence-electron chi connectivity index (χ3n) is 5.10. The molecule has 3 rings (SSSR count). The first kappa shape index (κ1) is 21.1. The van der Waals surface area contributed by atoms with Crippen molar-refractivity contribution in [3.63, 3.8) is 0 Å². The first-order chi connectivity index (χ1) is 13.6. The van der Waals surface area contributed by atoms with Crippen LogP contribution in [0.3, 0.4) is 0 Å². The number of carbonyl (C=O) groups is 1. The van der Waals surface area contributed by atoms with Crippen molar-refractivity contribution < 1.29 is 4.79 Å². The Morgan fingerprint density at radius 3 is 2.93 bits per heavy atom. The predicted molar refractivity (Wildman–Crippen MR) is 119 cm³/mol. The average molecular weight is 420 g/mol. The van der Waals surface area contributed by atoms with Crippen LogP contribution in [0.5, 0.6) is 0 Å². The molecule has 0 unspecified atom stereocenters. The standard InChI is InChI=1S/C21H29N3O2S2/c1-4-6-9-13-24-20(26)17-15-10-7-8-11-16(15)28-19(17)23-21(24)27-14(3)18(25)22-12-5-2/h5,14H,2,4,6-13H2,1,3H3,(H,22,25)/t14-/m1/s1. The van der Waals surface area contributed by atoms with Crippen molar-refractivity contribution >= 4 is 39.2 Å². The van der Waals surface area contributed by atoms with E-state index in [1.54, 1.807) is 17.4 Å². The number of aromatic nitrogens is 2. The summed E-state index contributed by atoms with van der Waals surface area (Å²) in [6, 6.07) is 0. The highest BCUT2D eigenvalue weighted by Gasteiger charge is 2.24. The SMILES string of the molecule is C=CCNC(=O)[C@@H](C)Sc1nc2sc3c(c2c(=O)n1CCCCC)CCCC3. The number of amides is 1. The normalized spacial score (nSPS) is 14.6. The summed E-state index contributed by atoms with van der Waals surface area (Å²) in [6.07, 6.45) is 9.14. The lowest BCUT2D eigenvalue weighted by Gasteiger charge is -2.16. The summed E-state index contributed by atoms with van der Waals surface area (Å²) < 4.78 is 1.81. The van der Waals surface area contributed by atoms with Gasteiger partial charge in [0, 0.05) is 18.0 Å². The topological polar surface area (TPSA) is 64.0 Å². The molecule has 0 aromatic carbocycles. The highest BCUT2D eigenvalue weighted by molar-refractivity contribution is 8.00. The van der Waals surface area contributed by atoms with E-state index in [1.165, 1.54) is 28.6 Å². The van der Waals surface area contributed by atoms with Gasteiger partial charge in [0.25, 0.3) is 5.56 Å². The molecule has 1 aliphatic carbocycles. The molecule has 0 radical (unpaired) electrons. The summed E-state index contributed by atoms with van der Waals surface area (Å²) in [7, 11) is 0. The quantitative estimate of drug-likeness (QED) is 0.285.